The lowest BCUT2D eigenvalue weighted by molar-refractivity contribution is -0.0616. The van der Waals surface area contributed by atoms with Gasteiger partial charge in [-0.3, -0.25) is 23.4 Å². The van der Waals surface area contributed by atoms with Gasteiger partial charge in [0.05, 0.1) is 6.61 Å². The van der Waals surface area contributed by atoms with E-state index in [9.17, 15) is 14.2 Å². The van der Waals surface area contributed by atoms with E-state index in [0.717, 1.165) is 10.6 Å². The van der Waals surface area contributed by atoms with Crippen LogP contribution in [0, 0.1) is 0 Å². The summed E-state index contributed by atoms with van der Waals surface area (Å²) in [6, 6.07) is 1.05. The summed E-state index contributed by atoms with van der Waals surface area (Å²) in [7, 11) is -3.71. The smallest absolute Gasteiger partial charge is 0.381 e. The van der Waals surface area contributed by atoms with Gasteiger partial charge in [0, 0.05) is 36.4 Å². The number of nitrogens with zero attached hydrogens (tertiary/aromatic N) is 4. The maximum absolute atomic E-state index is 13.2. The van der Waals surface area contributed by atoms with Gasteiger partial charge in [-0.15, -0.1) is 0 Å². The fraction of sp³-hybridized carbons (Fsp3) is 0.733. The highest BCUT2D eigenvalue weighted by Crippen LogP contribution is 2.56. The van der Waals surface area contributed by atoms with Crippen LogP contribution in [0.3, 0.4) is 0 Å². The predicted octanol–water partition coefficient (Wildman–Crippen LogP) is 0.795. The Kier molecular flexibility index (Phi) is 5.38. The normalized spacial score (nSPS) is 37.6. The molecule has 0 amide bonds. The molecule has 3 aliphatic heterocycles. The minimum Gasteiger partial charge on any atom is -0.381 e. The largest absolute Gasteiger partial charge is 0.406 e. The zero-order valence-corrected chi connectivity index (χ0v) is 16.5. The summed E-state index contributed by atoms with van der Waals surface area (Å²) in [6.07, 6.45) is -0.193. The van der Waals surface area contributed by atoms with Gasteiger partial charge in [0.2, 0.25) is 0 Å². The molecule has 0 spiro atoms. The van der Waals surface area contributed by atoms with E-state index in [1.807, 2.05) is 0 Å². The monoisotopic (exact) mass is 428 g/mol. The molecule has 14 heteroatoms. The van der Waals surface area contributed by atoms with Crippen molar-refractivity contribution in [2.45, 2.75) is 49.8 Å². The lowest BCUT2D eigenvalue weighted by Gasteiger charge is -2.37. The van der Waals surface area contributed by atoms with Gasteiger partial charge < -0.3 is 9.47 Å². The topological polar surface area (TPSA) is 170 Å². The standard InChI is InChI=1S/C15H21N6O7P/c1-15(19-20-16)12-10(27-13(15)21-5-2-11(22)17-14(21)23)8-26-29(24,28-12)18-9-3-6-25-7-4-9/h2,5,9-10,12-13H,3-4,6-8H2,1H3,(H,18,24)(H,17,22,23)/t10-,12-,13-,15-,29?/m1/s1. The molecular weight excluding hydrogens is 407 g/mol. The quantitative estimate of drug-likeness (QED) is 0.307. The molecule has 1 aromatic heterocycles. The third-order valence-electron chi connectivity index (χ3n) is 5.30. The van der Waals surface area contributed by atoms with Crippen molar-refractivity contribution < 1.29 is 23.1 Å². The van der Waals surface area contributed by atoms with Crippen LogP contribution in [-0.4, -0.2) is 53.2 Å². The van der Waals surface area contributed by atoms with Gasteiger partial charge in [-0.2, -0.15) is 0 Å². The lowest BCUT2D eigenvalue weighted by atomic mass is 9.93. The SMILES string of the molecule is C[C@@]1(N=[N+]=[N-])[C@@H]2OP(=O)(NC3CCOCC3)OC[C@H]2O[C@H]1n1ccc(=O)[nH]c1=O. The van der Waals surface area contributed by atoms with Crippen LogP contribution in [-0.2, 0) is 23.1 Å². The van der Waals surface area contributed by atoms with Gasteiger partial charge in [0.1, 0.15) is 17.7 Å². The summed E-state index contributed by atoms with van der Waals surface area (Å²) in [6.45, 7) is 2.55. The first-order valence-electron chi connectivity index (χ1n) is 9.16. The van der Waals surface area contributed by atoms with Crippen molar-refractivity contribution in [1.29, 1.82) is 0 Å². The Morgan fingerprint density at radius 3 is 2.86 bits per heavy atom. The second kappa shape index (κ2) is 7.69. The number of fused-ring (bicyclic) bond motifs is 1. The summed E-state index contributed by atoms with van der Waals surface area (Å²) in [5.41, 5.74) is 6.40. The first kappa shape index (κ1) is 20.3. The van der Waals surface area contributed by atoms with Crippen LogP contribution in [0.1, 0.15) is 26.0 Å². The van der Waals surface area contributed by atoms with Crippen molar-refractivity contribution in [3.8, 4) is 0 Å². The molecule has 2 N–H and O–H groups in total. The van der Waals surface area contributed by atoms with E-state index in [-0.39, 0.29) is 12.6 Å². The number of hydrogen-bond donors (Lipinski definition) is 2. The molecule has 0 aliphatic carbocycles. The number of aromatic nitrogens is 2. The van der Waals surface area contributed by atoms with E-state index in [2.05, 4.69) is 20.1 Å². The molecule has 1 unspecified atom stereocenters. The van der Waals surface area contributed by atoms with Crippen LogP contribution in [0.15, 0.2) is 27.0 Å². The average Bonchev–Trinajstić information content (AvgIpc) is 2.94. The number of H-pyrrole nitrogens is 1. The number of nitrogens with one attached hydrogen (secondary N) is 2. The molecule has 4 heterocycles. The van der Waals surface area contributed by atoms with E-state index in [0.29, 0.717) is 26.1 Å². The van der Waals surface area contributed by atoms with Crippen LogP contribution < -0.4 is 16.3 Å². The number of aromatic amines is 1. The molecule has 0 saturated carbocycles. The molecule has 4 rings (SSSR count). The molecule has 1 aromatic rings. The molecule has 3 aliphatic rings. The van der Waals surface area contributed by atoms with Gasteiger partial charge in [-0.05, 0) is 25.3 Å². The van der Waals surface area contributed by atoms with E-state index >= 15 is 0 Å². The van der Waals surface area contributed by atoms with Crippen LogP contribution in [0.5, 0.6) is 0 Å². The zero-order chi connectivity index (χ0) is 20.6. The maximum atomic E-state index is 13.2. The van der Waals surface area contributed by atoms with Crippen LogP contribution in [0.4, 0.5) is 0 Å². The fourth-order valence-corrected chi connectivity index (χ4v) is 5.72. The van der Waals surface area contributed by atoms with Crippen LogP contribution >= 0.6 is 7.75 Å². The van der Waals surface area contributed by atoms with E-state index in [1.165, 1.54) is 6.20 Å². The van der Waals surface area contributed by atoms with Crippen molar-refractivity contribution in [3.05, 3.63) is 43.5 Å². The van der Waals surface area contributed by atoms with Gasteiger partial charge >= 0.3 is 13.4 Å². The van der Waals surface area contributed by atoms with Gasteiger partial charge in [-0.25, -0.2) is 14.4 Å². The van der Waals surface area contributed by atoms with Crippen molar-refractivity contribution >= 4 is 7.75 Å². The molecule has 3 fully saturated rings. The third kappa shape index (κ3) is 3.78. The Morgan fingerprint density at radius 2 is 2.17 bits per heavy atom. The van der Waals surface area contributed by atoms with Crippen molar-refractivity contribution in [1.82, 2.24) is 14.6 Å². The highest BCUT2D eigenvalue weighted by atomic mass is 31.2. The lowest BCUT2D eigenvalue weighted by Crippen LogP contribution is -2.49. The van der Waals surface area contributed by atoms with E-state index in [1.54, 1.807) is 6.92 Å². The second-order valence-electron chi connectivity index (χ2n) is 7.29. The molecule has 158 valence electrons. The molecule has 0 aromatic carbocycles. The molecule has 3 saturated heterocycles. The minimum atomic E-state index is -3.71. The van der Waals surface area contributed by atoms with Gasteiger partial charge in [0.15, 0.2) is 6.23 Å². The third-order valence-corrected chi connectivity index (χ3v) is 6.98. The summed E-state index contributed by atoms with van der Waals surface area (Å²) in [5, 5.41) is 6.75. The molecular formula is C15H21N6O7P. The Bertz CT molecular complexity index is 984. The van der Waals surface area contributed by atoms with Crippen molar-refractivity contribution in [2.75, 3.05) is 19.8 Å². The van der Waals surface area contributed by atoms with Crippen LogP contribution in [0.25, 0.3) is 10.4 Å². The van der Waals surface area contributed by atoms with Crippen LogP contribution in [0.2, 0.25) is 0 Å². The first-order valence-corrected chi connectivity index (χ1v) is 10.7. The molecule has 0 bridgehead atoms. The number of rotatable bonds is 4. The van der Waals surface area contributed by atoms with E-state index in [4.69, 9.17) is 24.1 Å². The number of ether oxygens (including phenoxy) is 2. The Labute approximate surface area is 164 Å². The summed E-state index contributed by atoms with van der Waals surface area (Å²) >= 11 is 0. The number of hydrogen-bond acceptors (Lipinski definition) is 8. The fourth-order valence-electron chi connectivity index (χ4n) is 3.82. The Hall–Kier alpha value is -1.98. The predicted molar refractivity (Wildman–Crippen MR) is 98.2 cm³/mol. The van der Waals surface area contributed by atoms with Gasteiger partial charge in [-0.1, -0.05) is 5.11 Å². The first-order chi connectivity index (χ1) is 13.8. The highest BCUT2D eigenvalue weighted by molar-refractivity contribution is 7.51. The molecule has 5 atom stereocenters. The number of azide groups is 1. The maximum Gasteiger partial charge on any atom is 0.406 e. The second-order valence-corrected chi connectivity index (χ2v) is 9.02. The molecule has 29 heavy (non-hydrogen) atoms. The molecule has 13 nitrogen and oxygen atoms in total. The summed E-state index contributed by atoms with van der Waals surface area (Å²) in [5.74, 6) is 0. The van der Waals surface area contributed by atoms with Gasteiger partial charge in [0.25, 0.3) is 5.56 Å². The summed E-state index contributed by atoms with van der Waals surface area (Å²) in [4.78, 5) is 28.6. The Morgan fingerprint density at radius 1 is 1.41 bits per heavy atom. The Balaban J connectivity index is 1.63. The highest BCUT2D eigenvalue weighted by Gasteiger charge is 2.60. The van der Waals surface area contributed by atoms with E-state index < -0.39 is 43.0 Å². The molecule has 0 radical (unpaired) electrons. The van der Waals surface area contributed by atoms with Crippen molar-refractivity contribution in [3.63, 3.8) is 0 Å². The summed E-state index contributed by atoms with van der Waals surface area (Å²) < 4.78 is 36.7. The van der Waals surface area contributed by atoms with Crippen molar-refractivity contribution in [2.24, 2.45) is 5.11 Å². The zero-order valence-electron chi connectivity index (χ0n) is 15.6. The average molecular weight is 428 g/mol. The minimum absolute atomic E-state index is 0.0801.